The fourth-order valence-corrected chi connectivity index (χ4v) is 6.29. The van der Waals surface area contributed by atoms with E-state index in [1.807, 2.05) is 41.9 Å². The number of aliphatic hydroxyl groups is 1. The van der Waals surface area contributed by atoms with E-state index in [9.17, 15) is 15.2 Å². The predicted molar refractivity (Wildman–Crippen MR) is 149 cm³/mol. The average Bonchev–Trinajstić information content (AvgIpc) is 3.41. The molecule has 2 fully saturated rings. The normalized spacial score (nSPS) is 21.5. The van der Waals surface area contributed by atoms with Gasteiger partial charge < -0.3 is 15.7 Å². The number of thiophene rings is 1. The Morgan fingerprint density at radius 3 is 2.82 bits per heavy atom. The first-order valence-electron chi connectivity index (χ1n) is 13.4. The fraction of sp³-hybridized carbons (Fsp3) is 0.464. The van der Waals surface area contributed by atoms with Crippen LogP contribution >= 0.6 is 11.3 Å². The molecule has 2 aromatic heterocycles. The van der Waals surface area contributed by atoms with Gasteiger partial charge >= 0.3 is 0 Å². The number of para-hydroxylation sites is 1. The topological polar surface area (TPSA) is 125 Å². The molecule has 1 aliphatic heterocycles. The SMILES string of the molecule is N#CNC(NC1CCCC(NC(=O)c2sccc2NCc2ccnc3ccccc23)C1)N1CCC(O)CC1. The van der Waals surface area contributed by atoms with Crippen molar-refractivity contribution in [2.75, 3.05) is 18.4 Å². The van der Waals surface area contributed by atoms with E-state index in [1.165, 1.54) is 11.3 Å². The van der Waals surface area contributed by atoms with Gasteiger partial charge in [0.25, 0.3) is 5.91 Å². The number of benzene rings is 1. The summed E-state index contributed by atoms with van der Waals surface area (Å²) in [4.78, 5) is 20.6. The van der Waals surface area contributed by atoms with E-state index < -0.39 is 0 Å². The van der Waals surface area contributed by atoms with Gasteiger partial charge in [-0.15, -0.1) is 11.3 Å². The summed E-state index contributed by atoms with van der Waals surface area (Å²) in [7, 11) is 0. The molecule has 5 N–H and O–H groups in total. The maximum absolute atomic E-state index is 13.3. The van der Waals surface area contributed by atoms with Crippen LogP contribution in [0.3, 0.4) is 0 Å². The molecule has 3 heterocycles. The van der Waals surface area contributed by atoms with E-state index in [2.05, 4.69) is 43.4 Å². The molecule has 3 aromatic rings. The first-order valence-corrected chi connectivity index (χ1v) is 14.3. The Hall–Kier alpha value is -3.23. The molecule has 1 saturated heterocycles. The molecular weight excluding hydrogens is 498 g/mol. The van der Waals surface area contributed by atoms with Crippen molar-refractivity contribution in [3.8, 4) is 6.19 Å². The number of hydrogen-bond acceptors (Lipinski definition) is 9. The summed E-state index contributed by atoms with van der Waals surface area (Å²) in [6.45, 7) is 2.09. The van der Waals surface area contributed by atoms with E-state index in [4.69, 9.17) is 0 Å². The van der Waals surface area contributed by atoms with Crippen LogP contribution in [0.1, 0.15) is 53.8 Å². The zero-order valence-electron chi connectivity index (χ0n) is 21.4. The maximum atomic E-state index is 13.3. The average molecular weight is 534 g/mol. The molecule has 5 rings (SSSR count). The van der Waals surface area contributed by atoms with Crippen LogP contribution < -0.4 is 21.3 Å². The molecule has 1 aromatic carbocycles. The summed E-state index contributed by atoms with van der Waals surface area (Å²) in [6.07, 6.45) is 8.54. The number of aliphatic hydroxyl groups excluding tert-OH is 1. The zero-order valence-corrected chi connectivity index (χ0v) is 22.2. The lowest BCUT2D eigenvalue weighted by atomic mass is 9.90. The second-order valence-electron chi connectivity index (χ2n) is 10.1. The van der Waals surface area contributed by atoms with E-state index in [-0.39, 0.29) is 30.4 Å². The number of pyridine rings is 1. The number of rotatable bonds is 9. The number of nitrogens with one attached hydrogen (secondary N) is 4. The minimum atomic E-state index is -0.260. The van der Waals surface area contributed by atoms with Gasteiger partial charge in [0, 0.05) is 43.3 Å². The van der Waals surface area contributed by atoms with Gasteiger partial charge in [0.15, 0.2) is 6.19 Å². The summed E-state index contributed by atoms with van der Waals surface area (Å²) in [5.41, 5.74) is 2.93. The van der Waals surface area contributed by atoms with Gasteiger partial charge in [0.05, 0.1) is 17.3 Å². The van der Waals surface area contributed by atoms with Gasteiger partial charge in [-0.05, 0) is 67.7 Å². The first-order chi connectivity index (χ1) is 18.6. The Morgan fingerprint density at radius 2 is 1.97 bits per heavy atom. The molecule has 2 aliphatic rings. The summed E-state index contributed by atoms with van der Waals surface area (Å²) in [5.74, 6) is -0.0514. The van der Waals surface area contributed by atoms with Crippen LogP contribution in [0, 0.1) is 11.5 Å². The van der Waals surface area contributed by atoms with Crippen molar-refractivity contribution in [2.24, 2.45) is 0 Å². The summed E-state index contributed by atoms with van der Waals surface area (Å²) < 4.78 is 0. The van der Waals surface area contributed by atoms with Crippen LogP contribution in [0.15, 0.2) is 48.0 Å². The Kier molecular flexibility index (Phi) is 8.71. The molecule has 200 valence electrons. The summed E-state index contributed by atoms with van der Waals surface area (Å²) >= 11 is 1.45. The molecule has 1 amide bonds. The van der Waals surface area contributed by atoms with E-state index in [0.717, 1.165) is 60.9 Å². The number of likely N-dealkylation sites (tertiary alicyclic amines) is 1. The lowest BCUT2D eigenvalue weighted by molar-refractivity contribution is 0.0389. The van der Waals surface area contributed by atoms with Gasteiger partial charge in [-0.25, -0.2) is 0 Å². The number of nitriles is 1. The number of fused-ring (bicyclic) bond motifs is 1. The molecule has 3 atom stereocenters. The van der Waals surface area contributed by atoms with Crippen molar-refractivity contribution in [1.82, 2.24) is 25.8 Å². The number of aromatic nitrogens is 1. The monoisotopic (exact) mass is 533 g/mol. The van der Waals surface area contributed by atoms with Crippen LogP contribution in [0.5, 0.6) is 0 Å². The van der Waals surface area contributed by atoms with Crippen molar-refractivity contribution in [3.05, 3.63) is 58.4 Å². The van der Waals surface area contributed by atoms with E-state index >= 15 is 0 Å². The largest absolute Gasteiger partial charge is 0.393 e. The number of carbonyl (C=O) groups is 1. The standard InChI is InChI=1S/C28H35N7O2S/c29-18-32-28(35-13-9-22(36)10-14-35)34-21-5-3-4-20(16-21)33-27(37)26-25(11-15-38-26)31-17-19-8-12-30-24-7-2-1-6-23(19)24/h1-2,6-8,11-12,15,20-22,28,31-32,34,36H,3-5,9-10,13-14,16-17H2,(H,33,37). The van der Waals surface area contributed by atoms with Crippen LogP contribution in [-0.4, -0.2) is 58.5 Å². The molecule has 0 bridgehead atoms. The number of amides is 1. The molecule has 1 aliphatic carbocycles. The predicted octanol–water partition coefficient (Wildman–Crippen LogP) is 3.35. The number of carbonyl (C=O) groups excluding carboxylic acids is 1. The Labute approximate surface area is 227 Å². The lowest BCUT2D eigenvalue weighted by Crippen LogP contribution is -2.60. The van der Waals surface area contributed by atoms with Crippen LogP contribution in [-0.2, 0) is 6.54 Å². The van der Waals surface area contributed by atoms with Gasteiger partial charge in [-0.3, -0.25) is 25.3 Å². The number of hydrogen-bond donors (Lipinski definition) is 5. The molecule has 9 nitrogen and oxygen atoms in total. The highest BCUT2D eigenvalue weighted by Gasteiger charge is 2.29. The van der Waals surface area contributed by atoms with Gasteiger partial charge in [-0.2, -0.15) is 5.26 Å². The molecule has 0 spiro atoms. The van der Waals surface area contributed by atoms with Crippen molar-refractivity contribution in [2.45, 2.75) is 69.5 Å². The third-order valence-electron chi connectivity index (χ3n) is 7.55. The first kappa shape index (κ1) is 26.4. The van der Waals surface area contributed by atoms with Gasteiger partial charge in [0.1, 0.15) is 11.2 Å². The number of piperidine rings is 1. The lowest BCUT2D eigenvalue weighted by Gasteiger charge is -2.39. The van der Waals surface area contributed by atoms with Crippen LogP contribution in [0.2, 0.25) is 0 Å². The highest BCUT2D eigenvalue weighted by molar-refractivity contribution is 7.12. The molecule has 1 saturated carbocycles. The second-order valence-corrected chi connectivity index (χ2v) is 11.0. The Morgan fingerprint density at radius 1 is 1.16 bits per heavy atom. The minimum Gasteiger partial charge on any atom is -0.393 e. The van der Waals surface area contributed by atoms with E-state index in [0.29, 0.717) is 24.3 Å². The number of anilines is 1. The van der Waals surface area contributed by atoms with Crippen molar-refractivity contribution >= 4 is 33.8 Å². The van der Waals surface area contributed by atoms with Crippen molar-refractivity contribution < 1.29 is 9.90 Å². The highest BCUT2D eigenvalue weighted by Crippen LogP contribution is 2.26. The Balaban J connectivity index is 1.17. The smallest absolute Gasteiger partial charge is 0.263 e. The quantitative estimate of drug-likeness (QED) is 0.161. The van der Waals surface area contributed by atoms with Crippen LogP contribution in [0.25, 0.3) is 10.9 Å². The van der Waals surface area contributed by atoms with Gasteiger partial charge in [0.2, 0.25) is 0 Å². The molecule has 0 radical (unpaired) electrons. The van der Waals surface area contributed by atoms with Gasteiger partial charge in [-0.1, -0.05) is 18.2 Å². The highest BCUT2D eigenvalue weighted by atomic mass is 32.1. The zero-order chi connectivity index (χ0) is 26.3. The maximum Gasteiger partial charge on any atom is 0.263 e. The minimum absolute atomic E-state index is 0.0514. The molecular formula is C28H35N7O2S. The summed E-state index contributed by atoms with van der Waals surface area (Å²) in [5, 5.41) is 35.3. The third kappa shape index (κ3) is 6.42. The molecule has 38 heavy (non-hydrogen) atoms. The molecule has 3 unspecified atom stereocenters. The Bertz CT molecular complexity index is 1260. The van der Waals surface area contributed by atoms with E-state index in [1.54, 1.807) is 0 Å². The second kappa shape index (κ2) is 12.5. The fourth-order valence-electron chi connectivity index (χ4n) is 5.51. The molecule has 10 heteroatoms. The van der Waals surface area contributed by atoms with Crippen LogP contribution in [0.4, 0.5) is 5.69 Å². The van der Waals surface area contributed by atoms with Crippen molar-refractivity contribution in [1.29, 1.82) is 5.26 Å². The van der Waals surface area contributed by atoms with Crippen molar-refractivity contribution in [3.63, 3.8) is 0 Å². The third-order valence-corrected chi connectivity index (χ3v) is 8.46. The summed E-state index contributed by atoms with van der Waals surface area (Å²) in [6, 6.07) is 12.3. The number of nitrogens with zero attached hydrogens (tertiary/aromatic N) is 3.